The first-order chi connectivity index (χ1) is 7.31. The monoisotopic (exact) mass is 210 g/mol. The van der Waals surface area contributed by atoms with E-state index in [1.165, 1.54) is 25.3 Å². The van der Waals surface area contributed by atoms with E-state index in [-0.39, 0.29) is 5.97 Å². The van der Waals surface area contributed by atoms with Gasteiger partial charge in [0.15, 0.2) is 0 Å². The van der Waals surface area contributed by atoms with Gasteiger partial charge in [0.05, 0.1) is 6.61 Å². The molecule has 0 rings (SSSR count). The normalized spacial score (nSPS) is 11.3. The van der Waals surface area contributed by atoms with E-state index in [0.29, 0.717) is 6.61 Å². The number of allylic oxidation sites excluding steroid dienone is 3. The van der Waals surface area contributed by atoms with E-state index in [1.807, 2.05) is 19.1 Å². The van der Waals surface area contributed by atoms with E-state index in [2.05, 4.69) is 6.92 Å². The molecule has 0 aliphatic rings. The highest BCUT2D eigenvalue weighted by molar-refractivity contribution is 5.82. The number of carbonyl (C=O) groups is 1. The summed E-state index contributed by atoms with van der Waals surface area (Å²) in [5, 5.41) is 0. The molecule has 2 heteroatoms. The molecule has 0 aliphatic heterocycles. The average Bonchev–Trinajstić information content (AvgIpc) is 2.23. The number of unbranched alkanes of at least 4 members (excludes halogenated alkanes) is 4. The fraction of sp³-hybridized carbons (Fsp3) is 0.615. The predicted molar refractivity (Wildman–Crippen MR) is 63.7 cm³/mol. The van der Waals surface area contributed by atoms with Gasteiger partial charge in [0.25, 0.3) is 0 Å². The second-order valence-electron chi connectivity index (χ2n) is 3.47. The lowest BCUT2D eigenvalue weighted by Crippen LogP contribution is -2.01. The molecular formula is C13H22O2. The molecule has 0 spiro atoms. The van der Waals surface area contributed by atoms with Crippen molar-refractivity contribution < 1.29 is 9.53 Å². The van der Waals surface area contributed by atoms with Crippen LogP contribution in [0.5, 0.6) is 0 Å². The first-order valence-electron chi connectivity index (χ1n) is 5.77. The van der Waals surface area contributed by atoms with Gasteiger partial charge in [-0.05, 0) is 13.3 Å². The highest BCUT2D eigenvalue weighted by Crippen LogP contribution is 2.02. The fourth-order valence-electron chi connectivity index (χ4n) is 1.17. The molecule has 0 atom stereocenters. The van der Waals surface area contributed by atoms with Crippen molar-refractivity contribution in [3.63, 3.8) is 0 Å². The van der Waals surface area contributed by atoms with Crippen LogP contribution in [0.1, 0.15) is 46.0 Å². The number of rotatable bonds is 8. The van der Waals surface area contributed by atoms with Crippen molar-refractivity contribution in [1.29, 1.82) is 0 Å². The zero-order chi connectivity index (χ0) is 11.4. The van der Waals surface area contributed by atoms with Crippen molar-refractivity contribution in [2.45, 2.75) is 46.0 Å². The SMILES string of the molecule is C/C=C/C=C/C(=O)OCCCCCCC. The van der Waals surface area contributed by atoms with Crippen LogP contribution in [0, 0.1) is 0 Å². The fourth-order valence-corrected chi connectivity index (χ4v) is 1.17. The summed E-state index contributed by atoms with van der Waals surface area (Å²) < 4.78 is 5.01. The Bertz CT molecular complexity index is 205. The molecular weight excluding hydrogens is 188 g/mol. The highest BCUT2D eigenvalue weighted by atomic mass is 16.5. The van der Waals surface area contributed by atoms with Gasteiger partial charge in [0.1, 0.15) is 0 Å². The van der Waals surface area contributed by atoms with Crippen molar-refractivity contribution >= 4 is 5.97 Å². The Morgan fingerprint density at radius 3 is 2.53 bits per heavy atom. The molecule has 0 aromatic rings. The van der Waals surface area contributed by atoms with Crippen LogP contribution in [0.3, 0.4) is 0 Å². The maximum atomic E-state index is 11.1. The Morgan fingerprint density at radius 2 is 1.87 bits per heavy atom. The van der Waals surface area contributed by atoms with Crippen molar-refractivity contribution in [3.05, 3.63) is 24.3 Å². The molecule has 0 heterocycles. The van der Waals surface area contributed by atoms with Gasteiger partial charge in [0.2, 0.25) is 0 Å². The van der Waals surface area contributed by atoms with Crippen molar-refractivity contribution in [1.82, 2.24) is 0 Å². The Kier molecular flexibility index (Phi) is 10.3. The summed E-state index contributed by atoms with van der Waals surface area (Å²) in [5.74, 6) is -0.247. The van der Waals surface area contributed by atoms with Gasteiger partial charge in [0, 0.05) is 6.08 Å². The van der Waals surface area contributed by atoms with Crippen molar-refractivity contribution in [2.75, 3.05) is 6.61 Å². The minimum Gasteiger partial charge on any atom is -0.463 e. The molecule has 86 valence electrons. The minimum atomic E-state index is -0.247. The maximum absolute atomic E-state index is 11.1. The first kappa shape index (κ1) is 13.9. The van der Waals surface area contributed by atoms with Gasteiger partial charge in [-0.3, -0.25) is 0 Å². The molecule has 0 radical (unpaired) electrons. The van der Waals surface area contributed by atoms with Gasteiger partial charge in [-0.2, -0.15) is 0 Å². The van der Waals surface area contributed by atoms with Gasteiger partial charge in [-0.1, -0.05) is 50.8 Å². The quantitative estimate of drug-likeness (QED) is 0.265. The van der Waals surface area contributed by atoms with Crippen molar-refractivity contribution in [2.24, 2.45) is 0 Å². The van der Waals surface area contributed by atoms with E-state index in [9.17, 15) is 4.79 Å². The highest BCUT2D eigenvalue weighted by Gasteiger charge is 1.95. The summed E-state index contributed by atoms with van der Waals surface area (Å²) in [4.78, 5) is 11.1. The van der Waals surface area contributed by atoms with Crippen LogP contribution in [0.15, 0.2) is 24.3 Å². The summed E-state index contributed by atoms with van der Waals surface area (Å²) in [7, 11) is 0. The van der Waals surface area contributed by atoms with Crippen LogP contribution in [0.2, 0.25) is 0 Å². The van der Waals surface area contributed by atoms with Crippen molar-refractivity contribution in [3.8, 4) is 0 Å². The van der Waals surface area contributed by atoms with Crippen LogP contribution < -0.4 is 0 Å². The molecule has 0 saturated heterocycles. The van der Waals surface area contributed by atoms with Crippen LogP contribution in [-0.4, -0.2) is 12.6 Å². The summed E-state index contributed by atoms with van der Waals surface area (Å²) >= 11 is 0. The summed E-state index contributed by atoms with van der Waals surface area (Å²) in [6.07, 6.45) is 12.7. The van der Waals surface area contributed by atoms with Crippen LogP contribution in [0.25, 0.3) is 0 Å². The molecule has 0 fully saturated rings. The molecule has 0 unspecified atom stereocenters. The Labute approximate surface area is 93.0 Å². The zero-order valence-corrected chi connectivity index (χ0v) is 9.87. The molecule has 0 aliphatic carbocycles. The van der Waals surface area contributed by atoms with E-state index < -0.39 is 0 Å². The predicted octanol–water partition coefficient (Wildman–Crippen LogP) is 3.63. The van der Waals surface area contributed by atoms with Gasteiger partial charge in [-0.15, -0.1) is 0 Å². The van der Waals surface area contributed by atoms with E-state index in [4.69, 9.17) is 4.74 Å². The number of ether oxygens (including phenoxy) is 1. The zero-order valence-electron chi connectivity index (χ0n) is 9.87. The number of esters is 1. The molecule has 2 nitrogen and oxygen atoms in total. The molecule has 0 saturated carbocycles. The standard InChI is InChI=1S/C13H22O2/c1-3-5-7-8-10-12-15-13(14)11-9-6-4-2/h4,6,9,11H,3,5,7-8,10,12H2,1-2H3/b6-4+,11-9+. The first-order valence-corrected chi connectivity index (χ1v) is 5.77. The lowest BCUT2D eigenvalue weighted by molar-refractivity contribution is -0.137. The van der Waals surface area contributed by atoms with Crippen LogP contribution in [0.4, 0.5) is 0 Å². The molecule has 0 aromatic carbocycles. The van der Waals surface area contributed by atoms with E-state index >= 15 is 0 Å². The average molecular weight is 210 g/mol. The minimum absolute atomic E-state index is 0.247. The maximum Gasteiger partial charge on any atom is 0.330 e. The van der Waals surface area contributed by atoms with E-state index in [0.717, 1.165) is 12.8 Å². The summed E-state index contributed by atoms with van der Waals surface area (Å²) in [6.45, 7) is 4.64. The molecule has 15 heavy (non-hydrogen) atoms. The third-order valence-electron chi connectivity index (χ3n) is 2.03. The Hall–Kier alpha value is -1.05. The second-order valence-corrected chi connectivity index (χ2v) is 3.47. The molecule has 0 bridgehead atoms. The molecule has 0 aromatic heterocycles. The lowest BCUT2D eigenvalue weighted by atomic mass is 10.2. The second kappa shape index (κ2) is 11.0. The Morgan fingerprint density at radius 1 is 1.13 bits per heavy atom. The largest absolute Gasteiger partial charge is 0.463 e. The topological polar surface area (TPSA) is 26.3 Å². The number of hydrogen-bond donors (Lipinski definition) is 0. The van der Waals surface area contributed by atoms with Gasteiger partial charge >= 0.3 is 5.97 Å². The Balaban J connectivity index is 3.31. The van der Waals surface area contributed by atoms with Crippen LogP contribution in [-0.2, 0) is 9.53 Å². The van der Waals surface area contributed by atoms with Gasteiger partial charge < -0.3 is 4.74 Å². The molecule has 0 amide bonds. The summed E-state index contributed by atoms with van der Waals surface area (Å²) in [6, 6.07) is 0. The third-order valence-corrected chi connectivity index (χ3v) is 2.03. The van der Waals surface area contributed by atoms with Crippen LogP contribution >= 0.6 is 0 Å². The third kappa shape index (κ3) is 10.9. The number of carbonyl (C=O) groups excluding carboxylic acids is 1. The smallest absolute Gasteiger partial charge is 0.330 e. The van der Waals surface area contributed by atoms with Gasteiger partial charge in [-0.25, -0.2) is 4.79 Å². The van der Waals surface area contributed by atoms with E-state index in [1.54, 1.807) is 6.08 Å². The lowest BCUT2D eigenvalue weighted by Gasteiger charge is -2.01. The molecule has 0 N–H and O–H groups in total. The summed E-state index contributed by atoms with van der Waals surface area (Å²) in [5.41, 5.74) is 0. The number of hydrogen-bond acceptors (Lipinski definition) is 2.